The first-order valence-electron chi connectivity index (χ1n) is 5.38. The van der Waals surface area contributed by atoms with Crippen molar-refractivity contribution >= 4 is 5.97 Å². The Hall–Kier alpha value is -0.570. The maximum absolute atomic E-state index is 11.1. The highest BCUT2D eigenvalue weighted by Crippen LogP contribution is 2.40. The first-order valence-corrected chi connectivity index (χ1v) is 5.38. The van der Waals surface area contributed by atoms with Crippen molar-refractivity contribution in [2.45, 2.75) is 58.0 Å². The number of carboxylic acid groups (broad SMARTS) is 1. The molecule has 0 radical (unpaired) electrons. The van der Waals surface area contributed by atoms with E-state index in [9.17, 15) is 9.90 Å². The van der Waals surface area contributed by atoms with Crippen LogP contribution in [0.4, 0.5) is 0 Å². The second-order valence-corrected chi connectivity index (χ2v) is 4.83. The highest BCUT2D eigenvalue weighted by Gasteiger charge is 2.42. The molecule has 0 amide bonds. The molecule has 2 N–H and O–H groups in total. The van der Waals surface area contributed by atoms with Gasteiger partial charge < -0.3 is 10.2 Å². The normalized spacial score (nSPS) is 24.5. The summed E-state index contributed by atoms with van der Waals surface area (Å²) < 4.78 is 0. The van der Waals surface area contributed by atoms with Gasteiger partial charge in [-0.05, 0) is 32.6 Å². The van der Waals surface area contributed by atoms with Crippen molar-refractivity contribution in [3.05, 3.63) is 0 Å². The average Bonchev–Trinajstić information content (AvgIpc) is 2.51. The molecule has 1 saturated carbocycles. The molecule has 0 heterocycles. The summed E-state index contributed by atoms with van der Waals surface area (Å²) in [6, 6.07) is 0. The molecule has 0 bridgehead atoms. The van der Waals surface area contributed by atoms with E-state index in [-0.39, 0.29) is 0 Å². The Morgan fingerprint density at radius 2 is 1.93 bits per heavy atom. The molecule has 1 fully saturated rings. The summed E-state index contributed by atoms with van der Waals surface area (Å²) in [6.07, 6.45) is 4.54. The fourth-order valence-corrected chi connectivity index (χ4v) is 2.29. The molecule has 0 aromatic heterocycles. The number of aliphatic carboxylic acids is 1. The number of aliphatic hydroxyl groups is 1. The number of hydrogen-bond acceptors (Lipinski definition) is 2. The van der Waals surface area contributed by atoms with E-state index in [4.69, 9.17) is 5.11 Å². The summed E-state index contributed by atoms with van der Waals surface area (Å²) >= 11 is 0. The third-order valence-electron chi connectivity index (χ3n) is 3.55. The zero-order valence-electron chi connectivity index (χ0n) is 9.05. The molecule has 0 aliphatic heterocycles. The molecule has 1 aliphatic carbocycles. The lowest BCUT2D eigenvalue weighted by atomic mass is 9.76. The van der Waals surface area contributed by atoms with E-state index in [0.29, 0.717) is 12.8 Å². The van der Waals surface area contributed by atoms with Crippen LogP contribution in [0.25, 0.3) is 0 Å². The van der Waals surface area contributed by atoms with E-state index in [0.717, 1.165) is 25.7 Å². The number of rotatable bonds is 4. The lowest BCUT2D eigenvalue weighted by Crippen LogP contribution is -2.37. The van der Waals surface area contributed by atoms with Gasteiger partial charge in [0, 0.05) is 0 Å². The zero-order valence-corrected chi connectivity index (χ0v) is 9.05. The largest absolute Gasteiger partial charge is 0.481 e. The molecule has 82 valence electrons. The van der Waals surface area contributed by atoms with Crippen molar-refractivity contribution in [2.24, 2.45) is 5.41 Å². The predicted molar refractivity (Wildman–Crippen MR) is 54.1 cm³/mol. The number of carboxylic acids is 1. The van der Waals surface area contributed by atoms with Crippen LogP contribution in [-0.2, 0) is 4.79 Å². The SMILES string of the molecule is CCC(C)(CC1(O)CCCC1)C(=O)O. The molecule has 0 aromatic rings. The van der Waals surface area contributed by atoms with Crippen LogP contribution in [0.15, 0.2) is 0 Å². The molecule has 1 unspecified atom stereocenters. The molecule has 0 aromatic carbocycles. The van der Waals surface area contributed by atoms with E-state index in [1.54, 1.807) is 6.92 Å². The Kier molecular flexibility index (Phi) is 3.20. The van der Waals surface area contributed by atoms with Gasteiger partial charge in [-0.3, -0.25) is 4.79 Å². The standard InChI is InChI=1S/C11H20O3/c1-3-10(2,9(12)13)8-11(14)6-4-5-7-11/h14H,3-8H2,1-2H3,(H,12,13). The maximum atomic E-state index is 11.1. The summed E-state index contributed by atoms with van der Waals surface area (Å²) in [5.74, 6) is -0.791. The fourth-order valence-electron chi connectivity index (χ4n) is 2.29. The van der Waals surface area contributed by atoms with Gasteiger partial charge in [0.25, 0.3) is 0 Å². The van der Waals surface area contributed by atoms with Gasteiger partial charge in [0.15, 0.2) is 0 Å². The third-order valence-corrected chi connectivity index (χ3v) is 3.55. The molecule has 14 heavy (non-hydrogen) atoms. The van der Waals surface area contributed by atoms with Crippen LogP contribution in [0.5, 0.6) is 0 Å². The van der Waals surface area contributed by atoms with Crippen LogP contribution in [-0.4, -0.2) is 21.8 Å². The molecule has 0 spiro atoms. The fraction of sp³-hybridized carbons (Fsp3) is 0.909. The van der Waals surface area contributed by atoms with Crippen LogP contribution >= 0.6 is 0 Å². The van der Waals surface area contributed by atoms with Crippen LogP contribution in [0.1, 0.15) is 52.4 Å². The molecular formula is C11H20O3. The number of hydrogen-bond donors (Lipinski definition) is 2. The molecule has 0 saturated heterocycles. The number of carbonyl (C=O) groups is 1. The van der Waals surface area contributed by atoms with Crippen molar-refractivity contribution in [1.29, 1.82) is 0 Å². The highest BCUT2D eigenvalue weighted by molar-refractivity contribution is 5.74. The lowest BCUT2D eigenvalue weighted by Gasteiger charge is -2.32. The molecule has 1 atom stereocenters. The second-order valence-electron chi connectivity index (χ2n) is 4.83. The summed E-state index contributed by atoms with van der Waals surface area (Å²) in [6.45, 7) is 3.60. The predicted octanol–water partition coefficient (Wildman–Crippen LogP) is 2.18. The zero-order chi connectivity index (χ0) is 10.8. The third kappa shape index (κ3) is 2.27. The van der Waals surface area contributed by atoms with Gasteiger partial charge in [0.05, 0.1) is 11.0 Å². The molecule has 1 rings (SSSR count). The van der Waals surface area contributed by atoms with Crippen LogP contribution in [0.2, 0.25) is 0 Å². The smallest absolute Gasteiger partial charge is 0.309 e. The maximum Gasteiger partial charge on any atom is 0.309 e. The van der Waals surface area contributed by atoms with Crippen LogP contribution in [0.3, 0.4) is 0 Å². The van der Waals surface area contributed by atoms with Crippen LogP contribution < -0.4 is 0 Å². The Labute approximate surface area is 85.1 Å². The summed E-state index contributed by atoms with van der Waals surface area (Å²) in [5, 5.41) is 19.2. The first-order chi connectivity index (χ1) is 6.42. The molecular weight excluding hydrogens is 180 g/mol. The van der Waals surface area contributed by atoms with Gasteiger partial charge in [-0.15, -0.1) is 0 Å². The van der Waals surface area contributed by atoms with Crippen molar-refractivity contribution < 1.29 is 15.0 Å². The molecule has 3 nitrogen and oxygen atoms in total. The quantitative estimate of drug-likeness (QED) is 0.731. The monoisotopic (exact) mass is 200 g/mol. The Morgan fingerprint density at radius 3 is 2.29 bits per heavy atom. The topological polar surface area (TPSA) is 57.5 Å². The van der Waals surface area contributed by atoms with E-state index >= 15 is 0 Å². The van der Waals surface area contributed by atoms with Gasteiger partial charge in [0.2, 0.25) is 0 Å². The van der Waals surface area contributed by atoms with Gasteiger partial charge >= 0.3 is 5.97 Å². The Bertz CT molecular complexity index is 219. The Morgan fingerprint density at radius 1 is 1.43 bits per heavy atom. The van der Waals surface area contributed by atoms with E-state index in [1.165, 1.54) is 0 Å². The summed E-state index contributed by atoms with van der Waals surface area (Å²) in [7, 11) is 0. The average molecular weight is 200 g/mol. The minimum absolute atomic E-state index is 0.395. The summed E-state index contributed by atoms with van der Waals surface area (Å²) in [4.78, 5) is 11.1. The van der Waals surface area contributed by atoms with Crippen molar-refractivity contribution in [1.82, 2.24) is 0 Å². The molecule has 3 heteroatoms. The van der Waals surface area contributed by atoms with E-state index < -0.39 is 17.0 Å². The minimum atomic E-state index is -0.791. The van der Waals surface area contributed by atoms with Gasteiger partial charge in [-0.2, -0.15) is 0 Å². The first kappa shape index (κ1) is 11.5. The van der Waals surface area contributed by atoms with Crippen molar-refractivity contribution in [2.75, 3.05) is 0 Å². The second kappa shape index (κ2) is 3.89. The highest BCUT2D eigenvalue weighted by atomic mass is 16.4. The van der Waals surface area contributed by atoms with Gasteiger partial charge in [-0.25, -0.2) is 0 Å². The lowest BCUT2D eigenvalue weighted by molar-refractivity contribution is -0.152. The molecule has 1 aliphatic rings. The van der Waals surface area contributed by atoms with E-state index in [1.807, 2.05) is 6.92 Å². The van der Waals surface area contributed by atoms with E-state index in [2.05, 4.69) is 0 Å². The van der Waals surface area contributed by atoms with Gasteiger partial charge in [0.1, 0.15) is 0 Å². The Balaban J connectivity index is 2.68. The van der Waals surface area contributed by atoms with Crippen LogP contribution in [0, 0.1) is 5.41 Å². The van der Waals surface area contributed by atoms with Crippen molar-refractivity contribution in [3.63, 3.8) is 0 Å². The van der Waals surface area contributed by atoms with Gasteiger partial charge in [-0.1, -0.05) is 19.8 Å². The van der Waals surface area contributed by atoms with Crippen molar-refractivity contribution in [3.8, 4) is 0 Å². The minimum Gasteiger partial charge on any atom is -0.481 e. The summed E-state index contributed by atoms with van der Waals surface area (Å²) in [5.41, 5.74) is -1.48.